The van der Waals surface area contributed by atoms with Crippen LogP contribution >= 0.6 is 15.9 Å². The molecule has 1 unspecified atom stereocenters. The number of para-hydroxylation sites is 1. The minimum atomic E-state index is -0.750. The van der Waals surface area contributed by atoms with E-state index in [0.29, 0.717) is 6.42 Å². The molecule has 0 radical (unpaired) electrons. The minimum absolute atomic E-state index is 0.00419. The van der Waals surface area contributed by atoms with E-state index < -0.39 is 11.9 Å². The van der Waals surface area contributed by atoms with Crippen molar-refractivity contribution in [2.75, 3.05) is 6.61 Å². The Morgan fingerprint density at radius 3 is 2.38 bits per heavy atom. The largest absolute Gasteiger partial charge is 0.481 e. The second kappa shape index (κ2) is 13.4. The van der Waals surface area contributed by atoms with Gasteiger partial charge in [-0.05, 0) is 48.2 Å². The first kappa shape index (κ1) is 26.9. The lowest BCUT2D eigenvalue weighted by Crippen LogP contribution is -2.53. The molecule has 0 heterocycles. The molecular formula is C30H32BrFN2O3. The Balaban J connectivity index is 1.62. The molecule has 0 saturated heterocycles. The molecule has 1 N–H and O–H groups in total. The van der Waals surface area contributed by atoms with Crippen LogP contribution in [0.15, 0.2) is 83.3 Å². The Hall–Kier alpha value is -3.19. The zero-order chi connectivity index (χ0) is 26.0. The number of carbonyl (C=O) groups excluding carboxylic acids is 2. The third-order valence-corrected chi connectivity index (χ3v) is 7.15. The highest BCUT2D eigenvalue weighted by molar-refractivity contribution is 9.10. The smallest absolute Gasteiger partial charge is 0.261 e. The van der Waals surface area contributed by atoms with Gasteiger partial charge in [-0.3, -0.25) is 9.59 Å². The van der Waals surface area contributed by atoms with E-state index in [1.54, 1.807) is 17.0 Å². The van der Waals surface area contributed by atoms with Crippen LogP contribution in [-0.2, 0) is 22.6 Å². The summed E-state index contributed by atoms with van der Waals surface area (Å²) in [7, 11) is 0. The third-order valence-electron chi connectivity index (χ3n) is 6.65. The van der Waals surface area contributed by atoms with E-state index in [0.717, 1.165) is 41.3 Å². The van der Waals surface area contributed by atoms with Crippen molar-refractivity contribution in [2.24, 2.45) is 0 Å². The van der Waals surface area contributed by atoms with Crippen molar-refractivity contribution in [1.29, 1.82) is 0 Å². The zero-order valence-corrected chi connectivity index (χ0v) is 22.3. The van der Waals surface area contributed by atoms with Gasteiger partial charge in [0, 0.05) is 23.5 Å². The van der Waals surface area contributed by atoms with E-state index in [4.69, 9.17) is 4.74 Å². The normalized spacial score (nSPS) is 14.5. The van der Waals surface area contributed by atoms with Crippen molar-refractivity contribution < 1.29 is 18.7 Å². The quantitative estimate of drug-likeness (QED) is 0.324. The molecule has 1 saturated carbocycles. The van der Waals surface area contributed by atoms with Gasteiger partial charge >= 0.3 is 0 Å². The van der Waals surface area contributed by atoms with E-state index in [-0.39, 0.29) is 36.8 Å². The molecule has 194 valence electrons. The maximum Gasteiger partial charge on any atom is 0.261 e. The van der Waals surface area contributed by atoms with Gasteiger partial charge < -0.3 is 15.0 Å². The third kappa shape index (κ3) is 7.89. The summed E-state index contributed by atoms with van der Waals surface area (Å²) in [5.41, 5.74) is 1.82. The number of hydrogen-bond donors (Lipinski definition) is 1. The van der Waals surface area contributed by atoms with E-state index in [9.17, 15) is 14.0 Å². The van der Waals surface area contributed by atoms with Crippen LogP contribution in [0.5, 0.6) is 5.75 Å². The molecule has 1 aliphatic carbocycles. The molecule has 0 aliphatic heterocycles. The zero-order valence-electron chi connectivity index (χ0n) is 20.7. The Morgan fingerprint density at radius 2 is 1.65 bits per heavy atom. The summed E-state index contributed by atoms with van der Waals surface area (Å²) in [6.45, 7) is -0.161. The highest BCUT2D eigenvalue weighted by atomic mass is 79.9. The summed E-state index contributed by atoms with van der Waals surface area (Å²) in [6, 6.07) is 22.7. The SMILES string of the molecule is O=C(NC1CCCCC1)C(Cc1ccccc1)N(Cc1cccc(Br)c1)C(=O)COc1ccccc1F. The number of amides is 2. The van der Waals surface area contributed by atoms with Crippen molar-refractivity contribution in [2.45, 2.75) is 57.2 Å². The average Bonchev–Trinajstić information content (AvgIpc) is 2.91. The molecule has 1 fully saturated rings. The summed E-state index contributed by atoms with van der Waals surface area (Å²) < 4.78 is 20.6. The lowest BCUT2D eigenvalue weighted by molar-refractivity contribution is -0.143. The number of hydrogen-bond acceptors (Lipinski definition) is 3. The van der Waals surface area contributed by atoms with Gasteiger partial charge in [-0.25, -0.2) is 4.39 Å². The first-order valence-electron chi connectivity index (χ1n) is 12.7. The summed E-state index contributed by atoms with van der Waals surface area (Å²) >= 11 is 3.49. The van der Waals surface area contributed by atoms with Crippen LogP contribution < -0.4 is 10.1 Å². The highest BCUT2D eigenvalue weighted by Gasteiger charge is 2.32. The number of halogens is 2. The van der Waals surface area contributed by atoms with Gasteiger partial charge in [0.05, 0.1) is 0 Å². The Bertz CT molecular complexity index is 1180. The van der Waals surface area contributed by atoms with Gasteiger partial charge in [0.1, 0.15) is 6.04 Å². The number of ether oxygens (including phenoxy) is 1. The second-order valence-corrected chi connectivity index (χ2v) is 10.3. The first-order valence-corrected chi connectivity index (χ1v) is 13.5. The van der Waals surface area contributed by atoms with Crippen molar-refractivity contribution in [1.82, 2.24) is 10.2 Å². The fraction of sp³-hybridized carbons (Fsp3) is 0.333. The number of nitrogens with zero attached hydrogens (tertiary/aromatic N) is 1. The Kier molecular flexibility index (Phi) is 9.71. The standard InChI is InChI=1S/C30H32BrFN2O3/c31-24-13-9-12-23(18-24)20-34(29(35)21-37-28-17-8-7-16-26(28)32)27(19-22-10-3-1-4-11-22)30(36)33-25-14-5-2-6-15-25/h1,3-4,7-13,16-18,25,27H,2,5-6,14-15,19-21H2,(H,33,36). The van der Waals surface area contributed by atoms with Crippen LogP contribution in [0.3, 0.4) is 0 Å². The van der Waals surface area contributed by atoms with E-state index in [2.05, 4.69) is 21.2 Å². The number of rotatable bonds is 10. The van der Waals surface area contributed by atoms with Gasteiger partial charge in [0.15, 0.2) is 18.2 Å². The summed E-state index contributed by atoms with van der Waals surface area (Å²) in [4.78, 5) is 28.9. The van der Waals surface area contributed by atoms with Crippen LogP contribution in [0.4, 0.5) is 4.39 Å². The molecule has 0 bridgehead atoms. The Morgan fingerprint density at radius 1 is 0.946 bits per heavy atom. The maximum atomic E-state index is 14.1. The molecule has 1 atom stereocenters. The average molecular weight is 567 g/mol. The molecule has 37 heavy (non-hydrogen) atoms. The van der Waals surface area contributed by atoms with Crippen molar-refractivity contribution in [3.8, 4) is 5.75 Å². The van der Waals surface area contributed by atoms with Gasteiger partial charge in [0.25, 0.3) is 5.91 Å². The first-order chi connectivity index (χ1) is 18.0. The van der Waals surface area contributed by atoms with Gasteiger partial charge in [0.2, 0.25) is 5.91 Å². The lowest BCUT2D eigenvalue weighted by atomic mass is 9.94. The fourth-order valence-electron chi connectivity index (χ4n) is 4.71. The van der Waals surface area contributed by atoms with Gasteiger partial charge in [-0.1, -0.05) is 89.8 Å². The molecule has 2 amide bonds. The number of nitrogens with one attached hydrogen (secondary N) is 1. The van der Waals surface area contributed by atoms with E-state index in [1.807, 2.05) is 54.6 Å². The molecule has 4 rings (SSSR count). The van der Waals surface area contributed by atoms with Crippen molar-refractivity contribution >= 4 is 27.7 Å². The molecule has 0 spiro atoms. The number of carbonyl (C=O) groups is 2. The highest BCUT2D eigenvalue weighted by Crippen LogP contribution is 2.21. The molecule has 7 heteroatoms. The molecule has 5 nitrogen and oxygen atoms in total. The van der Waals surface area contributed by atoms with Crippen molar-refractivity contribution in [3.63, 3.8) is 0 Å². The van der Waals surface area contributed by atoms with Gasteiger partial charge in [-0.2, -0.15) is 0 Å². The summed E-state index contributed by atoms with van der Waals surface area (Å²) in [5, 5.41) is 3.21. The maximum absolute atomic E-state index is 14.1. The molecule has 3 aromatic rings. The van der Waals surface area contributed by atoms with E-state index >= 15 is 0 Å². The van der Waals surface area contributed by atoms with Crippen LogP contribution in [0.2, 0.25) is 0 Å². The monoisotopic (exact) mass is 566 g/mol. The summed E-state index contributed by atoms with van der Waals surface area (Å²) in [6.07, 6.45) is 5.61. The summed E-state index contributed by atoms with van der Waals surface area (Å²) in [5.74, 6) is -1.10. The van der Waals surface area contributed by atoms with Gasteiger partial charge in [-0.15, -0.1) is 0 Å². The van der Waals surface area contributed by atoms with Crippen molar-refractivity contribution in [3.05, 3.63) is 100 Å². The Labute approximate surface area is 226 Å². The van der Waals surface area contributed by atoms with E-state index in [1.165, 1.54) is 18.6 Å². The van der Waals surface area contributed by atoms with Crippen LogP contribution in [0, 0.1) is 5.82 Å². The molecular weight excluding hydrogens is 535 g/mol. The molecule has 0 aromatic heterocycles. The lowest BCUT2D eigenvalue weighted by Gasteiger charge is -2.33. The second-order valence-electron chi connectivity index (χ2n) is 9.42. The van der Waals surface area contributed by atoms with Crippen LogP contribution in [0.1, 0.15) is 43.2 Å². The predicted molar refractivity (Wildman–Crippen MR) is 146 cm³/mol. The minimum Gasteiger partial charge on any atom is -0.481 e. The van der Waals surface area contributed by atoms with Crippen LogP contribution in [-0.4, -0.2) is 35.4 Å². The van der Waals surface area contributed by atoms with Crippen LogP contribution in [0.25, 0.3) is 0 Å². The predicted octanol–water partition coefficient (Wildman–Crippen LogP) is 6.06. The molecule has 1 aliphatic rings. The topological polar surface area (TPSA) is 58.6 Å². The fourth-order valence-corrected chi connectivity index (χ4v) is 5.16. The molecule has 3 aromatic carbocycles. The number of benzene rings is 3.